The number of rotatable bonds is 21. The molecule has 0 radical (unpaired) electrons. The van der Waals surface area contributed by atoms with Crippen LogP contribution in [0.2, 0.25) is 0 Å². The maximum atomic E-state index is 14.0. The van der Waals surface area contributed by atoms with Gasteiger partial charge >= 0.3 is 11.9 Å². The van der Waals surface area contributed by atoms with E-state index in [9.17, 15) is 45.4 Å². The fourth-order valence-corrected chi connectivity index (χ4v) is 9.47. The van der Waals surface area contributed by atoms with Gasteiger partial charge in [-0.2, -0.15) is 0 Å². The molecule has 64 heavy (non-hydrogen) atoms. The molecular formula is C49H50F2N2O9S2. The molecule has 0 bridgehead atoms. The van der Waals surface area contributed by atoms with Crippen molar-refractivity contribution in [3.05, 3.63) is 185 Å². The first-order chi connectivity index (χ1) is 30.7. The number of halogens is 2. The number of carboxylic acids is 2. The lowest BCUT2D eigenvalue weighted by Crippen LogP contribution is -2.17. The lowest BCUT2D eigenvalue weighted by molar-refractivity contribution is 0.0684. The molecule has 6 aromatic rings. The van der Waals surface area contributed by atoms with Gasteiger partial charge in [0.05, 0.1) is 34.5 Å². The second-order valence-corrected chi connectivity index (χ2v) is 18.1. The van der Waals surface area contributed by atoms with Crippen molar-refractivity contribution in [2.45, 2.75) is 74.0 Å². The molecule has 0 saturated carbocycles. The molecule has 0 atom stereocenters. The summed E-state index contributed by atoms with van der Waals surface area (Å²) in [5.74, 6) is -3.69. The van der Waals surface area contributed by atoms with Crippen molar-refractivity contribution in [1.82, 2.24) is 0 Å². The number of benzene rings is 6. The third-order valence-electron chi connectivity index (χ3n) is 10.3. The molecule has 336 valence electrons. The van der Waals surface area contributed by atoms with Gasteiger partial charge < -0.3 is 14.9 Å². The average Bonchev–Trinajstić information content (AvgIpc) is 3.27. The fraction of sp³-hybridized carbons (Fsp3) is 0.224. The monoisotopic (exact) mass is 912 g/mol. The minimum Gasteiger partial charge on any atom is -0.497 e. The van der Waals surface area contributed by atoms with Crippen LogP contribution in [0.5, 0.6) is 5.75 Å². The second-order valence-electron chi connectivity index (χ2n) is 14.8. The highest BCUT2D eigenvalue weighted by Gasteiger charge is 2.25. The first-order valence-corrected chi connectivity index (χ1v) is 23.6. The lowest BCUT2D eigenvalue weighted by atomic mass is 9.99. The van der Waals surface area contributed by atoms with Crippen LogP contribution in [0.4, 0.5) is 20.2 Å². The fourth-order valence-electron chi connectivity index (χ4n) is 7.09. The highest BCUT2D eigenvalue weighted by molar-refractivity contribution is 7.93. The Labute approximate surface area is 372 Å². The highest BCUT2D eigenvalue weighted by atomic mass is 32.2. The van der Waals surface area contributed by atoms with Crippen LogP contribution in [0.1, 0.15) is 81.5 Å². The van der Waals surface area contributed by atoms with E-state index in [2.05, 4.69) is 9.44 Å². The lowest BCUT2D eigenvalue weighted by Gasteiger charge is -2.13. The summed E-state index contributed by atoms with van der Waals surface area (Å²) in [4.78, 5) is 21.7. The molecule has 6 aromatic carbocycles. The number of hydrogen-bond acceptors (Lipinski definition) is 7. The first kappa shape index (κ1) is 48.5. The number of sulfonamides is 2. The number of carbonyl (C=O) groups is 2. The Morgan fingerprint density at radius 3 is 1.34 bits per heavy atom. The van der Waals surface area contributed by atoms with Gasteiger partial charge in [0.1, 0.15) is 17.4 Å². The quantitative estimate of drug-likeness (QED) is 0.0512. The van der Waals surface area contributed by atoms with Crippen molar-refractivity contribution in [2.75, 3.05) is 16.6 Å². The van der Waals surface area contributed by atoms with E-state index in [-0.39, 0.29) is 10.6 Å². The molecule has 4 N–H and O–H groups in total. The molecule has 0 aromatic heterocycles. The maximum absolute atomic E-state index is 14.0. The average molecular weight is 913 g/mol. The molecule has 0 aliphatic rings. The summed E-state index contributed by atoms with van der Waals surface area (Å²) in [5, 5.41) is 18.5. The second kappa shape index (κ2) is 23.2. The van der Waals surface area contributed by atoms with Crippen LogP contribution in [-0.2, 0) is 45.7 Å². The summed E-state index contributed by atoms with van der Waals surface area (Å²) in [5.41, 5.74) is 4.73. The number of aromatic carboxylic acids is 2. The Morgan fingerprint density at radius 2 is 0.891 bits per heavy atom. The Bertz CT molecular complexity index is 2750. The van der Waals surface area contributed by atoms with Gasteiger partial charge in [-0.15, -0.1) is 0 Å². The Kier molecular flexibility index (Phi) is 17.6. The predicted octanol–water partition coefficient (Wildman–Crippen LogP) is 10.6. The molecule has 0 fully saturated rings. The largest absolute Gasteiger partial charge is 0.497 e. The van der Waals surface area contributed by atoms with Crippen molar-refractivity contribution >= 4 is 43.4 Å². The molecule has 0 heterocycles. The van der Waals surface area contributed by atoms with Gasteiger partial charge in [-0.3, -0.25) is 9.44 Å². The summed E-state index contributed by atoms with van der Waals surface area (Å²) >= 11 is 0. The number of carboxylic acid groups (broad SMARTS) is 2. The van der Waals surface area contributed by atoms with Gasteiger partial charge in [0.2, 0.25) is 0 Å². The third-order valence-corrected chi connectivity index (χ3v) is 13.1. The molecule has 15 heteroatoms. The van der Waals surface area contributed by atoms with Crippen LogP contribution >= 0.6 is 0 Å². The minimum absolute atomic E-state index is 0.142. The van der Waals surface area contributed by atoms with E-state index in [1.807, 2.05) is 30.3 Å². The number of methoxy groups -OCH3 is 1. The van der Waals surface area contributed by atoms with Gasteiger partial charge in [-0.25, -0.2) is 35.2 Å². The standard InChI is InChI=1S/C25H27NO5S.C24H23F2NO4S/c1-31-21-14-9-15-22(18-21)32(29,30)26-24-17-8-6-13-20(24)12-4-2-3-10-19-11-5-7-16-23(19)25(27)28;25-20-14-8-15-21(26)23(20)32(30,31)27-22-16-7-5-12-18(22)11-3-1-2-9-17-10-4-6-13-19(17)24(28)29/h5-9,11,13-18,26H,2-4,10,12H2,1H3,(H,27,28);4-8,10,12-16,27H,1-3,9,11H2,(H,28,29). The summed E-state index contributed by atoms with van der Waals surface area (Å²) in [6.45, 7) is 0. The molecule has 0 amide bonds. The van der Waals surface area contributed by atoms with E-state index >= 15 is 0 Å². The van der Waals surface area contributed by atoms with Gasteiger partial charge in [0.15, 0.2) is 4.90 Å². The molecule has 0 spiro atoms. The number of hydrogen-bond donors (Lipinski definition) is 4. The number of anilines is 2. The Morgan fingerprint density at radius 1 is 0.500 bits per heavy atom. The van der Waals surface area contributed by atoms with Crippen LogP contribution in [0.15, 0.2) is 149 Å². The highest BCUT2D eigenvalue weighted by Crippen LogP contribution is 2.27. The summed E-state index contributed by atoms with van der Waals surface area (Å²) in [6.07, 6.45) is 7.56. The van der Waals surface area contributed by atoms with Crippen molar-refractivity contribution < 1.29 is 50.2 Å². The van der Waals surface area contributed by atoms with Crippen LogP contribution in [-0.4, -0.2) is 46.1 Å². The number of para-hydroxylation sites is 2. The predicted molar refractivity (Wildman–Crippen MR) is 243 cm³/mol. The zero-order valence-electron chi connectivity index (χ0n) is 35.2. The van der Waals surface area contributed by atoms with Crippen LogP contribution in [0.25, 0.3) is 0 Å². The van der Waals surface area contributed by atoms with Gasteiger partial charge in [-0.1, -0.05) is 97.8 Å². The van der Waals surface area contributed by atoms with Crippen LogP contribution in [0, 0.1) is 11.6 Å². The zero-order valence-corrected chi connectivity index (χ0v) is 36.8. The molecule has 0 aliphatic carbocycles. The molecular weight excluding hydrogens is 863 g/mol. The van der Waals surface area contributed by atoms with Crippen molar-refractivity contribution in [1.29, 1.82) is 0 Å². The van der Waals surface area contributed by atoms with Gasteiger partial charge in [-0.05, 0) is 122 Å². The topological polar surface area (TPSA) is 176 Å². The molecule has 0 aliphatic heterocycles. The molecule has 0 unspecified atom stereocenters. The molecule has 0 saturated heterocycles. The van der Waals surface area contributed by atoms with Crippen LogP contribution < -0.4 is 14.2 Å². The normalized spacial score (nSPS) is 11.2. The number of nitrogens with one attached hydrogen (secondary N) is 2. The van der Waals surface area contributed by atoms with E-state index in [0.717, 1.165) is 79.8 Å². The zero-order chi connectivity index (χ0) is 46.1. The Balaban J connectivity index is 0.000000241. The summed E-state index contributed by atoms with van der Waals surface area (Å²) in [6, 6.07) is 37.3. The summed E-state index contributed by atoms with van der Waals surface area (Å²) < 4.78 is 88.8. The maximum Gasteiger partial charge on any atom is 0.335 e. The smallest absolute Gasteiger partial charge is 0.335 e. The van der Waals surface area contributed by atoms with E-state index < -0.39 is 48.5 Å². The van der Waals surface area contributed by atoms with Crippen LogP contribution in [0.3, 0.4) is 0 Å². The first-order valence-electron chi connectivity index (χ1n) is 20.6. The van der Waals surface area contributed by atoms with Gasteiger partial charge in [0, 0.05) is 6.07 Å². The summed E-state index contributed by atoms with van der Waals surface area (Å²) in [7, 11) is -6.68. The SMILES string of the molecule is COc1cccc(S(=O)(=O)Nc2ccccc2CCCCCc2ccccc2C(=O)O)c1.O=C(O)c1ccccc1CCCCCc1ccccc1NS(=O)(=O)c1c(F)cccc1F. The van der Waals surface area contributed by atoms with Gasteiger partial charge in [0.25, 0.3) is 20.0 Å². The van der Waals surface area contributed by atoms with Crippen molar-refractivity contribution in [3.8, 4) is 5.75 Å². The number of ether oxygens (including phenoxy) is 1. The minimum atomic E-state index is -4.44. The van der Waals surface area contributed by atoms with E-state index in [1.165, 1.54) is 19.2 Å². The van der Waals surface area contributed by atoms with E-state index in [4.69, 9.17) is 4.74 Å². The van der Waals surface area contributed by atoms with Crippen molar-refractivity contribution in [3.63, 3.8) is 0 Å². The molecule has 11 nitrogen and oxygen atoms in total. The molecule has 6 rings (SSSR count). The number of unbranched alkanes of at least 4 members (excludes halogenated alkanes) is 4. The van der Waals surface area contributed by atoms with E-state index in [0.29, 0.717) is 47.4 Å². The Hall–Kier alpha value is -6.58. The third kappa shape index (κ3) is 13.7. The van der Waals surface area contributed by atoms with Crippen molar-refractivity contribution in [2.24, 2.45) is 0 Å². The number of aryl methyl sites for hydroxylation is 4. The van der Waals surface area contributed by atoms with E-state index in [1.54, 1.807) is 78.9 Å².